The summed E-state index contributed by atoms with van der Waals surface area (Å²) in [7, 11) is 0. The van der Waals surface area contributed by atoms with E-state index in [9.17, 15) is 9.59 Å². The summed E-state index contributed by atoms with van der Waals surface area (Å²) in [6.45, 7) is 4.47. The van der Waals surface area contributed by atoms with Gasteiger partial charge >= 0.3 is 5.97 Å². The van der Waals surface area contributed by atoms with E-state index in [0.29, 0.717) is 30.2 Å². The number of benzene rings is 2. The molecule has 3 aromatic rings. The van der Waals surface area contributed by atoms with Gasteiger partial charge in [-0.15, -0.1) is 10.2 Å². The highest BCUT2D eigenvalue weighted by molar-refractivity contribution is 5.96. The molecule has 29 heavy (non-hydrogen) atoms. The van der Waals surface area contributed by atoms with Crippen LogP contribution in [0.4, 0.5) is 11.5 Å². The number of carbonyl (C=O) groups is 2. The smallest absolute Gasteiger partial charge is 0.340 e. The molecule has 0 aliphatic carbocycles. The van der Waals surface area contributed by atoms with Gasteiger partial charge in [-0.05, 0) is 43.7 Å². The van der Waals surface area contributed by atoms with Crippen LogP contribution in [0.15, 0.2) is 60.7 Å². The predicted molar refractivity (Wildman–Crippen MR) is 110 cm³/mol. The van der Waals surface area contributed by atoms with Crippen molar-refractivity contribution in [1.82, 2.24) is 15.5 Å². The Bertz CT molecular complexity index is 986. The van der Waals surface area contributed by atoms with Gasteiger partial charge in [-0.1, -0.05) is 42.0 Å². The van der Waals surface area contributed by atoms with Crippen LogP contribution >= 0.6 is 0 Å². The first-order chi connectivity index (χ1) is 14.1. The highest BCUT2D eigenvalue weighted by Crippen LogP contribution is 2.20. The maximum Gasteiger partial charge on any atom is 0.340 e. The molecule has 148 valence electrons. The number of nitrogens with zero attached hydrogens (tertiary/aromatic N) is 2. The van der Waals surface area contributed by atoms with E-state index in [1.54, 1.807) is 43.3 Å². The largest absolute Gasteiger partial charge is 0.462 e. The van der Waals surface area contributed by atoms with Crippen LogP contribution in [-0.2, 0) is 11.3 Å². The highest BCUT2D eigenvalue weighted by Gasteiger charge is 2.13. The van der Waals surface area contributed by atoms with Gasteiger partial charge in [-0.3, -0.25) is 4.79 Å². The summed E-state index contributed by atoms with van der Waals surface area (Å²) in [6.07, 6.45) is 0. The number of anilines is 2. The van der Waals surface area contributed by atoms with Gasteiger partial charge in [0.25, 0.3) is 5.91 Å². The number of rotatable bonds is 7. The van der Waals surface area contributed by atoms with E-state index in [1.165, 1.54) is 5.56 Å². The SMILES string of the molecule is CCOC(=O)c1ccccc1Nc1ccc(C(=O)NCc2ccc(C)cc2)nn1. The van der Waals surface area contributed by atoms with E-state index < -0.39 is 5.97 Å². The maximum atomic E-state index is 12.3. The fourth-order valence-electron chi connectivity index (χ4n) is 2.62. The molecule has 1 aromatic heterocycles. The maximum absolute atomic E-state index is 12.3. The molecule has 2 N–H and O–H groups in total. The molecule has 7 heteroatoms. The Morgan fingerprint density at radius 3 is 2.41 bits per heavy atom. The van der Waals surface area contributed by atoms with Gasteiger partial charge in [0, 0.05) is 6.54 Å². The third-order valence-electron chi connectivity index (χ3n) is 4.16. The minimum atomic E-state index is -0.421. The first-order valence-electron chi connectivity index (χ1n) is 9.27. The molecule has 0 fully saturated rings. The number of aromatic nitrogens is 2. The lowest BCUT2D eigenvalue weighted by Crippen LogP contribution is -2.24. The van der Waals surface area contributed by atoms with Crippen LogP contribution in [0.3, 0.4) is 0 Å². The van der Waals surface area contributed by atoms with Crippen molar-refractivity contribution in [3.8, 4) is 0 Å². The average Bonchev–Trinajstić information content (AvgIpc) is 2.74. The topological polar surface area (TPSA) is 93.2 Å². The van der Waals surface area contributed by atoms with Crippen LogP contribution < -0.4 is 10.6 Å². The predicted octanol–water partition coefficient (Wildman–Crippen LogP) is 3.64. The summed E-state index contributed by atoms with van der Waals surface area (Å²) >= 11 is 0. The Morgan fingerprint density at radius 1 is 0.966 bits per heavy atom. The molecule has 0 bridgehead atoms. The lowest BCUT2D eigenvalue weighted by Gasteiger charge is -2.10. The fraction of sp³-hybridized carbons (Fsp3) is 0.182. The van der Waals surface area contributed by atoms with Crippen molar-refractivity contribution in [2.45, 2.75) is 20.4 Å². The zero-order valence-corrected chi connectivity index (χ0v) is 16.3. The van der Waals surface area contributed by atoms with E-state index >= 15 is 0 Å². The Hall–Kier alpha value is -3.74. The Balaban J connectivity index is 1.64. The highest BCUT2D eigenvalue weighted by atomic mass is 16.5. The normalized spacial score (nSPS) is 10.3. The number of esters is 1. The zero-order chi connectivity index (χ0) is 20.6. The van der Waals surface area contributed by atoms with E-state index in [2.05, 4.69) is 20.8 Å². The Kier molecular flexibility index (Phi) is 6.52. The number of hydrogen-bond donors (Lipinski definition) is 2. The summed E-state index contributed by atoms with van der Waals surface area (Å²) in [5, 5.41) is 13.9. The second-order valence-electron chi connectivity index (χ2n) is 6.36. The first kappa shape index (κ1) is 20.0. The van der Waals surface area contributed by atoms with Crippen molar-refractivity contribution in [3.05, 3.63) is 83.0 Å². The summed E-state index contributed by atoms with van der Waals surface area (Å²) < 4.78 is 5.06. The third kappa shape index (κ3) is 5.38. The molecule has 0 atom stereocenters. The van der Waals surface area contributed by atoms with Crippen LogP contribution in [0.2, 0.25) is 0 Å². The van der Waals surface area contributed by atoms with Crippen molar-refractivity contribution >= 4 is 23.4 Å². The van der Waals surface area contributed by atoms with Gasteiger partial charge in [0.1, 0.15) is 0 Å². The van der Waals surface area contributed by atoms with Gasteiger partial charge in [0.05, 0.1) is 17.9 Å². The van der Waals surface area contributed by atoms with Gasteiger partial charge in [0.2, 0.25) is 0 Å². The molecule has 0 spiro atoms. The zero-order valence-electron chi connectivity index (χ0n) is 16.3. The van der Waals surface area contributed by atoms with Crippen LogP contribution in [0.1, 0.15) is 38.9 Å². The van der Waals surface area contributed by atoms with E-state index in [0.717, 1.165) is 5.56 Å². The first-order valence-corrected chi connectivity index (χ1v) is 9.27. The average molecular weight is 390 g/mol. The molecule has 1 amide bonds. The molecule has 1 heterocycles. The second kappa shape index (κ2) is 9.45. The van der Waals surface area contributed by atoms with Gasteiger partial charge in [-0.2, -0.15) is 0 Å². The number of aryl methyl sites for hydroxylation is 1. The number of carbonyl (C=O) groups excluding carboxylic acids is 2. The Morgan fingerprint density at radius 2 is 1.72 bits per heavy atom. The van der Waals surface area contributed by atoms with Crippen LogP contribution in [-0.4, -0.2) is 28.7 Å². The molecular formula is C22H22N4O3. The third-order valence-corrected chi connectivity index (χ3v) is 4.16. The molecule has 0 aliphatic rings. The minimum Gasteiger partial charge on any atom is -0.462 e. The van der Waals surface area contributed by atoms with Crippen LogP contribution in [0.25, 0.3) is 0 Å². The lowest BCUT2D eigenvalue weighted by molar-refractivity contribution is 0.0527. The van der Waals surface area contributed by atoms with Crippen molar-refractivity contribution in [2.75, 3.05) is 11.9 Å². The molecular weight excluding hydrogens is 368 g/mol. The van der Waals surface area contributed by atoms with E-state index in [4.69, 9.17) is 4.74 Å². The van der Waals surface area contributed by atoms with Crippen molar-refractivity contribution < 1.29 is 14.3 Å². The van der Waals surface area contributed by atoms with Crippen molar-refractivity contribution in [1.29, 1.82) is 0 Å². The van der Waals surface area contributed by atoms with Gasteiger partial charge in [0.15, 0.2) is 11.5 Å². The van der Waals surface area contributed by atoms with Crippen molar-refractivity contribution in [3.63, 3.8) is 0 Å². The molecule has 0 radical (unpaired) electrons. The fourth-order valence-corrected chi connectivity index (χ4v) is 2.62. The number of amides is 1. The lowest BCUT2D eigenvalue weighted by atomic mass is 10.1. The summed E-state index contributed by atoms with van der Waals surface area (Å²) in [5.74, 6) is -0.316. The minimum absolute atomic E-state index is 0.210. The molecule has 0 aliphatic heterocycles. The van der Waals surface area contributed by atoms with Crippen LogP contribution in [0.5, 0.6) is 0 Å². The number of nitrogens with one attached hydrogen (secondary N) is 2. The molecule has 7 nitrogen and oxygen atoms in total. The quantitative estimate of drug-likeness (QED) is 0.599. The number of hydrogen-bond acceptors (Lipinski definition) is 6. The van der Waals surface area contributed by atoms with E-state index in [1.807, 2.05) is 31.2 Å². The second-order valence-corrected chi connectivity index (χ2v) is 6.36. The van der Waals surface area contributed by atoms with Crippen molar-refractivity contribution in [2.24, 2.45) is 0 Å². The monoisotopic (exact) mass is 390 g/mol. The molecule has 0 saturated carbocycles. The summed E-state index contributed by atoms with van der Waals surface area (Å²) in [6, 6.07) is 18.1. The molecule has 2 aromatic carbocycles. The van der Waals surface area contributed by atoms with E-state index in [-0.39, 0.29) is 11.6 Å². The molecule has 0 saturated heterocycles. The Labute approximate surface area is 169 Å². The van der Waals surface area contributed by atoms with Gasteiger partial charge in [-0.25, -0.2) is 4.79 Å². The number of ether oxygens (including phenoxy) is 1. The standard InChI is InChI=1S/C22H22N4O3/c1-3-29-22(28)17-6-4-5-7-18(17)24-20-13-12-19(25-26-20)21(27)23-14-16-10-8-15(2)9-11-16/h4-13H,3,14H2,1-2H3,(H,23,27)(H,24,26). The summed E-state index contributed by atoms with van der Waals surface area (Å²) in [4.78, 5) is 24.3. The summed E-state index contributed by atoms with van der Waals surface area (Å²) in [5.41, 5.74) is 3.33. The molecule has 0 unspecified atom stereocenters. The number of para-hydroxylation sites is 1. The molecule has 3 rings (SSSR count). The van der Waals surface area contributed by atoms with Crippen LogP contribution in [0, 0.1) is 6.92 Å². The van der Waals surface area contributed by atoms with Gasteiger partial charge < -0.3 is 15.4 Å².